The quantitative estimate of drug-likeness (QED) is 0.0527. The van der Waals surface area contributed by atoms with Crippen LogP contribution in [0.4, 0.5) is 0 Å². The smallest absolute Gasteiger partial charge is 0.171 e. The zero-order chi connectivity index (χ0) is 88.3. The van der Waals surface area contributed by atoms with Crippen molar-refractivity contribution in [3.8, 4) is 5.75 Å². The third-order valence-corrected chi connectivity index (χ3v) is 28.1. The van der Waals surface area contributed by atoms with Gasteiger partial charge in [-0.25, -0.2) is 0 Å². The lowest BCUT2D eigenvalue weighted by Crippen LogP contribution is -2.37. The van der Waals surface area contributed by atoms with Gasteiger partial charge >= 0.3 is 0 Å². The van der Waals surface area contributed by atoms with Crippen molar-refractivity contribution in [3.63, 3.8) is 0 Å². The van der Waals surface area contributed by atoms with Crippen LogP contribution in [0.2, 0.25) is 0 Å². The van der Waals surface area contributed by atoms with Gasteiger partial charge in [0.05, 0.1) is 6.61 Å². The Morgan fingerprint density at radius 2 is 0.363 bits per heavy atom. The first-order valence-electron chi connectivity index (χ1n) is 46.1. The van der Waals surface area contributed by atoms with Crippen LogP contribution in [0.15, 0.2) is 84.9 Å². The second-order valence-corrected chi connectivity index (χ2v) is 60.9. The number of hydrogen-bond donors (Lipinski definition) is 0. The maximum atomic E-state index is 15.0. The molecule has 0 aliphatic heterocycles. The topological polar surface area (TPSA) is 26.3 Å². The molecule has 0 bridgehead atoms. The monoisotopic (exact) mass is 1580 g/mol. The Labute approximate surface area is 710 Å². The second-order valence-electron chi connectivity index (χ2n) is 58.1. The normalized spacial score (nSPS) is 15.6. The summed E-state index contributed by atoms with van der Waals surface area (Å²) in [7, 11) is -3.03. The summed E-state index contributed by atoms with van der Waals surface area (Å²) < 4.78 is 21.4. The van der Waals surface area contributed by atoms with Gasteiger partial charge in [-0.05, 0) is 291 Å². The van der Waals surface area contributed by atoms with Gasteiger partial charge in [0.15, 0.2) is 7.14 Å². The van der Waals surface area contributed by atoms with Gasteiger partial charge in [0.25, 0.3) is 0 Å². The van der Waals surface area contributed by atoms with Crippen LogP contribution >= 0.6 is 7.14 Å². The third kappa shape index (κ3) is 40.3. The van der Waals surface area contributed by atoms with Gasteiger partial charge in [0, 0.05) is 15.9 Å². The summed E-state index contributed by atoms with van der Waals surface area (Å²) in [4.78, 5) is 0. The van der Waals surface area contributed by atoms with Crippen molar-refractivity contribution < 1.29 is 9.30 Å². The summed E-state index contributed by atoms with van der Waals surface area (Å²) in [5.74, 6) is 1.22. The van der Waals surface area contributed by atoms with Crippen molar-refractivity contribution in [1.29, 1.82) is 0 Å². The van der Waals surface area contributed by atoms with E-state index in [2.05, 4.69) is 318 Å². The maximum Gasteiger partial charge on any atom is 0.171 e. The van der Waals surface area contributed by atoms with Crippen LogP contribution in [0.1, 0.15) is 460 Å². The number of ether oxygens (including phenoxy) is 1. The number of rotatable bonds is 49. The van der Waals surface area contributed by atoms with Crippen molar-refractivity contribution >= 4 is 23.1 Å². The fourth-order valence-electron chi connectivity index (χ4n) is 32.4. The highest BCUT2D eigenvalue weighted by Gasteiger charge is 2.48. The molecular weight excluding hydrogens is 1380 g/mol. The van der Waals surface area contributed by atoms with Crippen LogP contribution in [0, 0.1) is 125 Å². The van der Waals surface area contributed by atoms with Gasteiger partial charge < -0.3 is 9.30 Å². The molecule has 0 fully saturated rings. The zero-order valence-electron chi connectivity index (χ0n) is 85.2. The van der Waals surface area contributed by atoms with Crippen LogP contribution < -0.4 is 20.7 Å². The van der Waals surface area contributed by atoms with Crippen LogP contribution in [-0.2, 0) is 4.57 Å². The van der Waals surface area contributed by atoms with Crippen molar-refractivity contribution in [3.05, 3.63) is 84.9 Å². The molecule has 0 N–H and O–H groups in total. The van der Waals surface area contributed by atoms with Crippen LogP contribution in [-0.4, -0.2) is 6.61 Å². The summed E-state index contributed by atoms with van der Waals surface area (Å²) in [5.41, 5.74) is 5.39. The summed E-state index contributed by atoms with van der Waals surface area (Å²) in [6, 6.07) is 27.9. The standard InChI is InChI=1S/C110H199O2P/c1-84(62-112-85-57-59-88(60-58-85)113(111,86-53-49-47-50-54-86)87-55-51-48-52-56-87)61-90(5,6)64-92(9,10)66-94(13,14)68-96(17,18)70-98(21,22)72-100(25,26)74-102(29,30)76-104(33,34)78-106(37,38)80-108(41,42)82-110(45,46)83-109(43,44)81-107(39,40)79-105(35,36)77-103(31,32)75-101(27,28)73-99(23,24)71-97(19,20)69-95(15,16)67-93(11,12)65-91(7,8)63-89(2,3)4/h47-60,84H,61-83H2,1-46H3. The van der Waals surface area contributed by atoms with Crippen molar-refractivity contribution in [2.75, 3.05) is 6.61 Å². The Kier molecular flexibility index (Phi) is 33.8. The largest absolute Gasteiger partial charge is 0.493 e. The molecule has 1 atom stereocenters. The van der Waals surface area contributed by atoms with E-state index in [1.165, 1.54) is 135 Å². The molecule has 656 valence electrons. The Morgan fingerprint density at radius 3 is 0.531 bits per heavy atom. The third-order valence-electron chi connectivity index (χ3n) is 25.0. The molecule has 3 rings (SSSR count). The first-order chi connectivity index (χ1) is 49.6. The SMILES string of the molecule is CC(COc1ccc(P(=O)(c2ccccc2)c2ccccc2)cc1)CC(C)(C)CC(C)(C)CC(C)(C)CC(C)(C)CC(C)(C)CC(C)(C)CC(C)(C)CC(C)(C)CC(C)(C)CC(C)(C)CC(C)(C)CC(C)(C)CC(C)(C)CC(C)(C)CC(C)(C)CC(C)(C)CC(C)(C)CC(C)(C)CC(C)(C)CC(C)(C)CC(C)(C)CC(C)(C)C. The molecule has 1 unspecified atom stereocenters. The van der Waals surface area contributed by atoms with E-state index in [0.717, 1.165) is 28.1 Å². The minimum Gasteiger partial charge on any atom is -0.493 e. The first-order valence-corrected chi connectivity index (χ1v) is 47.8. The molecule has 0 amide bonds. The van der Waals surface area contributed by atoms with E-state index in [1.54, 1.807) is 0 Å². The molecule has 3 aromatic rings. The van der Waals surface area contributed by atoms with Gasteiger partial charge in [-0.15, -0.1) is 0 Å². The molecule has 0 saturated heterocycles. The molecule has 0 saturated carbocycles. The van der Waals surface area contributed by atoms with Gasteiger partial charge in [-0.3, -0.25) is 0 Å². The van der Waals surface area contributed by atoms with E-state index in [-0.39, 0.29) is 103 Å². The lowest BCUT2D eigenvalue weighted by atomic mass is 9.57. The van der Waals surface area contributed by atoms with E-state index in [9.17, 15) is 4.57 Å². The highest BCUT2D eigenvalue weighted by molar-refractivity contribution is 7.85. The average molecular weight is 1580 g/mol. The number of hydrogen-bond acceptors (Lipinski definition) is 2. The van der Waals surface area contributed by atoms with Gasteiger partial charge in [0.1, 0.15) is 5.75 Å². The van der Waals surface area contributed by atoms with Crippen LogP contribution in [0.25, 0.3) is 0 Å². The molecule has 2 nitrogen and oxygen atoms in total. The predicted molar refractivity (Wildman–Crippen MR) is 511 cm³/mol. The molecule has 113 heavy (non-hydrogen) atoms. The lowest BCUT2D eigenvalue weighted by molar-refractivity contribution is 0.0267. The zero-order valence-corrected chi connectivity index (χ0v) is 86.1. The predicted octanol–water partition coefficient (Wildman–Crippen LogP) is 35.5. The van der Waals surface area contributed by atoms with Crippen molar-refractivity contribution in [2.45, 2.75) is 460 Å². The summed E-state index contributed by atoms with van der Waals surface area (Å²) >= 11 is 0. The van der Waals surface area contributed by atoms with Crippen LogP contribution in [0.3, 0.4) is 0 Å². The first kappa shape index (κ1) is 105. The second kappa shape index (κ2) is 36.4. The van der Waals surface area contributed by atoms with E-state index in [4.69, 9.17) is 4.74 Å². The molecule has 0 spiro atoms. The van der Waals surface area contributed by atoms with Crippen molar-refractivity contribution in [1.82, 2.24) is 0 Å². The van der Waals surface area contributed by atoms with Crippen molar-refractivity contribution in [2.24, 2.45) is 125 Å². The van der Waals surface area contributed by atoms with Gasteiger partial charge in [-0.1, -0.05) is 379 Å². The molecule has 0 aliphatic carbocycles. The molecule has 0 aliphatic rings. The Morgan fingerprint density at radius 1 is 0.212 bits per heavy atom. The minimum atomic E-state index is -3.03. The number of benzene rings is 3. The summed E-state index contributed by atoms with van der Waals surface area (Å²) in [6.07, 6.45) is 27.3. The molecule has 0 radical (unpaired) electrons. The van der Waals surface area contributed by atoms with E-state index in [1.807, 2.05) is 84.9 Å². The molecule has 0 heterocycles. The molecule has 3 aromatic carbocycles. The van der Waals surface area contributed by atoms with Crippen LogP contribution in [0.5, 0.6) is 5.75 Å². The molecule has 0 aromatic heterocycles. The molecule has 3 heteroatoms. The highest BCUT2D eigenvalue weighted by Crippen LogP contribution is 2.60. The van der Waals surface area contributed by atoms with Gasteiger partial charge in [-0.2, -0.15) is 0 Å². The lowest BCUT2D eigenvalue weighted by Gasteiger charge is -2.48. The summed E-state index contributed by atoms with van der Waals surface area (Å²) in [5, 5.41) is 2.52. The Bertz CT molecular complexity index is 3370. The fraction of sp³-hybridized carbons (Fsp3) is 0.836. The Balaban J connectivity index is 1.56. The summed E-state index contributed by atoms with van der Waals surface area (Å²) in [6.45, 7) is 119. The average Bonchev–Trinajstić information content (AvgIpc) is 0.772. The van der Waals surface area contributed by atoms with E-state index < -0.39 is 7.14 Å². The highest BCUT2D eigenvalue weighted by atomic mass is 31.2. The van der Waals surface area contributed by atoms with Gasteiger partial charge in [0.2, 0.25) is 0 Å². The fourth-order valence-corrected chi connectivity index (χ4v) is 35.0. The minimum absolute atomic E-state index is 0.158. The molecular formula is C110H199O2P. The maximum absolute atomic E-state index is 15.0. The van der Waals surface area contributed by atoms with E-state index in [0.29, 0.717) is 28.8 Å². The van der Waals surface area contributed by atoms with E-state index >= 15 is 0 Å². The Hall–Kier alpha value is -2.31.